The van der Waals surface area contributed by atoms with E-state index in [2.05, 4.69) is 0 Å². The number of hydrogen-bond donors (Lipinski definition) is 0. The summed E-state index contributed by atoms with van der Waals surface area (Å²) in [6.45, 7) is 2.32. The van der Waals surface area contributed by atoms with Gasteiger partial charge in [-0.2, -0.15) is 0 Å². The van der Waals surface area contributed by atoms with Crippen molar-refractivity contribution in [3.63, 3.8) is 0 Å². The molecule has 0 aliphatic rings. The van der Waals surface area contributed by atoms with Crippen molar-refractivity contribution in [1.29, 1.82) is 0 Å². The van der Waals surface area contributed by atoms with Gasteiger partial charge in [-0.25, -0.2) is 27.4 Å². The molecule has 0 radical (unpaired) electrons. The van der Waals surface area contributed by atoms with Gasteiger partial charge in [-0.05, 0) is 0 Å². The fraction of sp³-hybridized carbons (Fsp3) is 0.500. The van der Waals surface area contributed by atoms with Gasteiger partial charge in [0.2, 0.25) is 19.0 Å². The second-order valence-corrected chi connectivity index (χ2v) is 6.70. The van der Waals surface area contributed by atoms with Crippen molar-refractivity contribution in [1.82, 2.24) is 13.7 Å². The van der Waals surface area contributed by atoms with Crippen LogP contribution in [0.15, 0.2) is 56.2 Å². The number of nitrogens with zero attached hydrogens (tertiary/aromatic N) is 6. The molecule has 0 aromatic carbocycles. The van der Waals surface area contributed by atoms with Gasteiger partial charge in [0.25, 0.3) is 0 Å². The quantitative estimate of drug-likeness (QED) is 0.255. The second-order valence-electron chi connectivity index (χ2n) is 6.70. The predicted octanol–water partition coefficient (Wildman–Crippen LogP) is -9.73. The lowest BCUT2D eigenvalue weighted by atomic mass is 10.4. The van der Waals surface area contributed by atoms with Gasteiger partial charge in [-0.1, -0.05) is 0 Å². The van der Waals surface area contributed by atoms with Gasteiger partial charge in [-0.15, -0.1) is 0 Å². The van der Waals surface area contributed by atoms with Crippen LogP contribution >= 0.6 is 0 Å². The van der Waals surface area contributed by atoms with Crippen LogP contribution in [0.5, 0.6) is 0 Å². The summed E-state index contributed by atoms with van der Waals surface area (Å²) in [6.07, 6.45) is 17.6. The lowest BCUT2D eigenvalue weighted by Crippen LogP contribution is -3.00. The normalized spacial score (nSPS) is 10.4. The number of aryl methyl sites for hydroxylation is 3. The van der Waals surface area contributed by atoms with Crippen molar-refractivity contribution in [2.24, 2.45) is 21.1 Å². The van der Waals surface area contributed by atoms with Crippen LogP contribution in [0, 0.1) is 0 Å². The van der Waals surface area contributed by atoms with Crippen molar-refractivity contribution in [2.45, 2.75) is 26.3 Å². The Morgan fingerprint density at radius 2 is 1.00 bits per heavy atom. The van der Waals surface area contributed by atoms with Crippen molar-refractivity contribution < 1.29 is 65.1 Å². The molecule has 0 N–H and O–H groups in total. The topological polar surface area (TPSA) is 54.1 Å². The van der Waals surface area contributed by atoms with Crippen molar-refractivity contribution in [3.8, 4) is 0 Å². The molecule has 0 spiro atoms. The van der Waals surface area contributed by atoms with Crippen LogP contribution in [0.1, 0.15) is 0 Å². The minimum Gasteiger partial charge on any atom is -1.00 e. The van der Waals surface area contributed by atoms with Gasteiger partial charge < -0.3 is 51.4 Å². The van der Waals surface area contributed by atoms with Gasteiger partial charge in [0.15, 0.2) is 20.2 Å². The molecule has 0 saturated carbocycles. The third-order valence-corrected chi connectivity index (χ3v) is 4.02. The number of rotatable bonds is 11. The van der Waals surface area contributed by atoms with Crippen LogP contribution in [-0.2, 0) is 55.5 Å². The zero-order valence-corrected chi connectivity index (χ0v) is 19.6. The molecular formula is C18H29Cl3N6O3. The summed E-state index contributed by atoms with van der Waals surface area (Å²) in [5.74, 6) is 0. The molecule has 0 saturated heterocycles. The average molecular weight is 484 g/mol. The average Bonchev–Trinajstić information content (AvgIpc) is 3.35. The van der Waals surface area contributed by atoms with E-state index >= 15 is 0 Å². The SMILES string of the molecule is C[n+]1ccn(COCC(COCn2cc[n+](C)c2)OCn2cc[n+](C)c2)c1.[Cl-].[Cl-].[Cl-]. The largest absolute Gasteiger partial charge is 1.00 e. The van der Waals surface area contributed by atoms with Gasteiger partial charge >= 0.3 is 0 Å². The monoisotopic (exact) mass is 482 g/mol. The summed E-state index contributed by atoms with van der Waals surface area (Å²) >= 11 is 0. The third-order valence-electron chi connectivity index (χ3n) is 4.02. The minimum atomic E-state index is -0.161. The van der Waals surface area contributed by atoms with Gasteiger partial charge in [0, 0.05) is 0 Å². The van der Waals surface area contributed by atoms with E-state index in [1.165, 1.54) is 0 Å². The van der Waals surface area contributed by atoms with Crippen LogP contribution in [0.4, 0.5) is 0 Å². The molecule has 12 heteroatoms. The lowest BCUT2D eigenvalue weighted by molar-refractivity contribution is -0.671. The zero-order valence-electron chi connectivity index (χ0n) is 17.4. The molecule has 3 rings (SSSR count). The van der Waals surface area contributed by atoms with E-state index in [9.17, 15) is 0 Å². The van der Waals surface area contributed by atoms with Crippen molar-refractivity contribution >= 4 is 0 Å². The van der Waals surface area contributed by atoms with Gasteiger partial charge in [0.1, 0.15) is 43.3 Å². The van der Waals surface area contributed by atoms with Crippen molar-refractivity contribution in [3.05, 3.63) is 56.2 Å². The molecule has 0 bridgehead atoms. The Hall–Kier alpha value is -1.62. The first-order valence-corrected chi connectivity index (χ1v) is 8.88. The Labute approximate surface area is 195 Å². The Morgan fingerprint density at radius 1 is 0.633 bits per heavy atom. The smallest absolute Gasteiger partial charge is 0.245 e. The minimum absolute atomic E-state index is 0. The molecule has 0 aliphatic heterocycles. The van der Waals surface area contributed by atoms with E-state index in [4.69, 9.17) is 14.2 Å². The highest BCUT2D eigenvalue weighted by molar-refractivity contribution is 4.66. The van der Waals surface area contributed by atoms with E-state index in [1.807, 2.05) is 105 Å². The molecule has 170 valence electrons. The molecule has 3 aromatic rings. The van der Waals surface area contributed by atoms with Crippen LogP contribution in [0.2, 0.25) is 0 Å². The molecule has 0 unspecified atom stereocenters. The van der Waals surface area contributed by atoms with Crippen molar-refractivity contribution in [2.75, 3.05) is 13.2 Å². The second kappa shape index (κ2) is 14.4. The maximum absolute atomic E-state index is 6.00. The highest BCUT2D eigenvalue weighted by atomic mass is 35.5. The highest BCUT2D eigenvalue weighted by Gasteiger charge is 2.14. The Morgan fingerprint density at radius 3 is 1.33 bits per heavy atom. The molecular weight excluding hydrogens is 455 g/mol. The van der Waals surface area contributed by atoms with Crippen LogP contribution in [-0.4, -0.2) is 33.0 Å². The molecule has 0 fully saturated rings. The number of aromatic nitrogens is 6. The number of hydrogen-bond acceptors (Lipinski definition) is 3. The molecule has 0 aliphatic carbocycles. The highest BCUT2D eigenvalue weighted by Crippen LogP contribution is 2.01. The fourth-order valence-electron chi connectivity index (χ4n) is 2.65. The number of halogens is 3. The summed E-state index contributed by atoms with van der Waals surface area (Å²) in [4.78, 5) is 0. The molecule has 9 nitrogen and oxygen atoms in total. The van der Waals surface area contributed by atoms with E-state index < -0.39 is 0 Å². The summed E-state index contributed by atoms with van der Waals surface area (Å²) in [5.41, 5.74) is 0. The van der Waals surface area contributed by atoms with Gasteiger partial charge in [-0.3, -0.25) is 0 Å². The molecule has 30 heavy (non-hydrogen) atoms. The summed E-state index contributed by atoms with van der Waals surface area (Å²) in [6, 6.07) is 0. The number of ether oxygens (including phenoxy) is 3. The molecule has 3 heterocycles. The van der Waals surface area contributed by atoms with E-state index in [1.54, 1.807) is 0 Å². The first-order valence-electron chi connectivity index (χ1n) is 8.88. The summed E-state index contributed by atoms with van der Waals surface area (Å²) < 4.78 is 29.5. The standard InChI is InChI=1S/C18H29N6O3.3ClH/c1-19-4-7-22(12-19)15-25-10-18(27-17-24-9-6-21(3)14-24)11-26-16-23-8-5-20(2)13-23;;;/h4-9,12-14,18H,10-11,15-17H2,1-3H3;3*1H/q+3;;;/p-3. The summed E-state index contributed by atoms with van der Waals surface area (Å²) in [7, 11) is 5.94. The first kappa shape index (κ1) is 28.4. The van der Waals surface area contributed by atoms with Crippen LogP contribution in [0.3, 0.4) is 0 Å². The Bertz CT molecular complexity index is 792. The third kappa shape index (κ3) is 9.46. The maximum Gasteiger partial charge on any atom is 0.245 e. The van der Waals surface area contributed by atoms with E-state index in [0.717, 1.165) is 0 Å². The maximum atomic E-state index is 6.00. The Balaban J connectivity index is 0.00000280. The number of imidazole rings is 3. The lowest BCUT2D eigenvalue weighted by Gasteiger charge is -2.16. The molecule has 3 aromatic heterocycles. The van der Waals surface area contributed by atoms with E-state index in [0.29, 0.717) is 33.4 Å². The predicted molar refractivity (Wildman–Crippen MR) is 93.6 cm³/mol. The molecule has 0 amide bonds. The fourth-order valence-corrected chi connectivity index (χ4v) is 2.65. The summed E-state index contributed by atoms with van der Waals surface area (Å²) in [5, 5.41) is 0. The molecule has 0 atom stereocenters. The first-order chi connectivity index (χ1) is 13.1. The van der Waals surface area contributed by atoms with Gasteiger partial charge in [0.05, 0.1) is 34.4 Å². The van der Waals surface area contributed by atoms with Crippen LogP contribution in [0.25, 0.3) is 0 Å². The zero-order chi connectivity index (χ0) is 19.1. The van der Waals surface area contributed by atoms with Crippen LogP contribution < -0.4 is 50.9 Å². The van der Waals surface area contributed by atoms with E-state index in [-0.39, 0.29) is 43.3 Å². The Kier molecular flexibility index (Phi) is 13.6.